The van der Waals surface area contributed by atoms with Crippen LogP contribution < -0.4 is 4.74 Å². The molecule has 76 valence electrons. The topological polar surface area (TPSA) is 61.3 Å². The molecule has 0 atom stereocenters. The third-order valence-electron chi connectivity index (χ3n) is 1.36. The number of hydrogen-bond donors (Lipinski definition) is 0. The summed E-state index contributed by atoms with van der Waals surface area (Å²) in [5, 5.41) is -0.0450. The van der Waals surface area contributed by atoms with Crippen molar-refractivity contribution in [2.75, 3.05) is 13.7 Å². The molecule has 0 saturated carbocycles. The van der Waals surface area contributed by atoms with Crippen LogP contribution in [0.5, 0.6) is 5.88 Å². The minimum Gasteiger partial charge on any atom is -0.478 e. The van der Waals surface area contributed by atoms with Crippen molar-refractivity contribution in [3.05, 3.63) is 17.0 Å². The van der Waals surface area contributed by atoms with Gasteiger partial charge in [0.05, 0.1) is 13.7 Å². The number of methoxy groups -OCH3 is 1. The van der Waals surface area contributed by atoms with Gasteiger partial charge in [-0.3, -0.25) is 0 Å². The number of esters is 1. The maximum Gasteiger partial charge on any atom is 0.356 e. The van der Waals surface area contributed by atoms with Crippen LogP contribution in [0.15, 0.2) is 6.07 Å². The molecule has 1 rings (SSSR count). The highest BCUT2D eigenvalue weighted by Crippen LogP contribution is 2.13. The number of ether oxygens (including phenoxy) is 2. The molecular formula is C8H9ClN2O3. The summed E-state index contributed by atoms with van der Waals surface area (Å²) in [4.78, 5) is 18.5. The first-order valence-corrected chi connectivity index (χ1v) is 4.31. The number of carbonyl (C=O) groups is 1. The molecular weight excluding hydrogens is 208 g/mol. The van der Waals surface area contributed by atoms with E-state index in [9.17, 15) is 4.79 Å². The van der Waals surface area contributed by atoms with E-state index in [0.717, 1.165) is 0 Å². The van der Waals surface area contributed by atoms with Crippen molar-refractivity contribution in [3.8, 4) is 5.88 Å². The first-order valence-electron chi connectivity index (χ1n) is 3.93. The van der Waals surface area contributed by atoms with E-state index >= 15 is 0 Å². The summed E-state index contributed by atoms with van der Waals surface area (Å²) in [6.07, 6.45) is 0. The lowest BCUT2D eigenvalue weighted by Crippen LogP contribution is -2.06. The van der Waals surface area contributed by atoms with E-state index in [1.807, 2.05) is 0 Å². The molecule has 0 aromatic carbocycles. The molecule has 0 radical (unpaired) electrons. The molecule has 0 N–H and O–H groups in total. The first kappa shape index (κ1) is 10.7. The second-order valence-electron chi connectivity index (χ2n) is 2.29. The van der Waals surface area contributed by atoms with Crippen molar-refractivity contribution in [1.29, 1.82) is 0 Å². The molecule has 5 nitrogen and oxygen atoms in total. The molecule has 0 aliphatic rings. The van der Waals surface area contributed by atoms with Crippen molar-refractivity contribution in [2.24, 2.45) is 0 Å². The molecule has 0 saturated heterocycles. The number of halogens is 1. The number of aromatic nitrogens is 2. The third kappa shape index (κ3) is 2.56. The molecule has 14 heavy (non-hydrogen) atoms. The second-order valence-corrected chi connectivity index (χ2v) is 2.62. The Hall–Kier alpha value is -1.36. The molecule has 1 heterocycles. The molecule has 0 bridgehead atoms. The maximum absolute atomic E-state index is 11.1. The average Bonchev–Trinajstić information content (AvgIpc) is 2.16. The lowest BCUT2D eigenvalue weighted by molar-refractivity contribution is 0.0593. The van der Waals surface area contributed by atoms with Gasteiger partial charge in [-0.1, -0.05) is 0 Å². The molecule has 0 unspecified atom stereocenters. The van der Waals surface area contributed by atoms with Gasteiger partial charge in [0.1, 0.15) is 0 Å². The van der Waals surface area contributed by atoms with Crippen LogP contribution in [0.4, 0.5) is 0 Å². The highest BCUT2D eigenvalue weighted by Gasteiger charge is 2.11. The average molecular weight is 217 g/mol. The summed E-state index contributed by atoms with van der Waals surface area (Å²) >= 11 is 5.58. The van der Waals surface area contributed by atoms with Crippen molar-refractivity contribution >= 4 is 17.6 Å². The van der Waals surface area contributed by atoms with Crippen molar-refractivity contribution in [2.45, 2.75) is 6.92 Å². The fraction of sp³-hybridized carbons (Fsp3) is 0.375. The molecule has 0 fully saturated rings. The zero-order valence-corrected chi connectivity index (χ0v) is 8.54. The zero-order valence-electron chi connectivity index (χ0n) is 7.78. The lowest BCUT2D eigenvalue weighted by Gasteiger charge is -2.03. The summed E-state index contributed by atoms with van der Waals surface area (Å²) in [5.41, 5.74) is 0.0796. The maximum atomic E-state index is 11.1. The van der Waals surface area contributed by atoms with E-state index in [1.54, 1.807) is 6.92 Å². The predicted molar refractivity (Wildman–Crippen MR) is 49.6 cm³/mol. The van der Waals surface area contributed by atoms with E-state index in [4.69, 9.17) is 16.3 Å². The van der Waals surface area contributed by atoms with E-state index < -0.39 is 5.97 Å². The van der Waals surface area contributed by atoms with Crippen molar-refractivity contribution in [3.63, 3.8) is 0 Å². The van der Waals surface area contributed by atoms with Gasteiger partial charge in [-0.2, -0.15) is 4.98 Å². The van der Waals surface area contributed by atoms with Crippen LogP contribution in [0.1, 0.15) is 17.4 Å². The first-order chi connectivity index (χ1) is 6.67. The second kappa shape index (κ2) is 4.76. The Labute approximate surface area is 86.0 Å². The molecule has 0 aliphatic carbocycles. The highest BCUT2D eigenvalue weighted by atomic mass is 35.5. The lowest BCUT2D eigenvalue weighted by atomic mass is 10.4. The fourth-order valence-electron chi connectivity index (χ4n) is 0.828. The summed E-state index contributed by atoms with van der Waals surface area (Å²) in [5.74, 6) is -0.317. The third-order valence-corrected chi connectivity index (χ3v) is 1.53. The van der Waals surface area contributed by atoms with Gasteiger partial charge in [0.2, 0.25) is 11.2 Å². The number of rotatable bonds is 3. The van der Waals surface area contributed by atoms with Crippen LogP contribution in [-0.4, -0.2) is 29.7 Å². The summed E-state index contributed by atoms with van der Waals surface area (Å²) in [6, 6.07) is 1.38. The number of hydrogen-bond acceptors (Lipinski definition) is 5. The number of carbonyl (C=O) groups excluding carboxylic acids is 1. The van der Waals surface area contributed by atoms with Gasteiger partial charge in [0.15, 0.2) is 5.69 Å². The van der Waals surface area contributed by atoms with Crippen LogP contribution in [0.2, 0.25) is 5.28 Å². The van der Waals surface area contributed by atoms with Gasteiger partial charge in [-0.25, -0.2) is 9.78 Å². The zero-order chi connectivity index (χ0) is 10.6. The van der Waals surface area contributed by atoms with Gasteiger partial charge in [0, 0.05) is 6.07 Å². The van der Waals surface area contributed by atoms with Gasteiger partial charge < -0.3 is 9.47 Å². The van der Waals surface area contributed by atoms with E-state index in [2.05, 4.69) is 14.7 Å². The molecule has 1 aromatic heterocycles. The Morgan fingerprint density at radius 3 is 2.86 bits per heavy atom. The normalized spacial score (nSPS) is 9.64. The van der Waals surface area contributed by atoms with Crippen LogP contribution in [0.25, 0.3) is 0 Å². The Kier molecular flexibility index (Phi) is 3.64. The monoisotopic (exact) mass is 216 g/mol. The fourth-order valence-corrected chi connectivity index (χ4v) is 1.00. The van der Waals surface area contributed by atoms with Crippen LogP contribution in [0, 0.1) is 0 Å². The Morgan fingerprint density at radius 1 is 1.57 bits per heavy atom. The summed E-state index contributed by atoms with van der Waals surface area (Å²) in [7, 11) is 1.26. The number of nitrogens with zero attached hydrogens (tertiary/aromatic N) is 2. The van der Waals surface area contributed by atoms with Gasteiger partial charge >= 0.3 is 5.97 Å². The molecule has 0 spiro atoms. The molecule has 1 aromatic rings. The van der Waals surface area contributed by atoms with E-state index in [1.165, 1.54) is 13.2 Å². The molecule has 0 amide bonds. The van der Waals surface area contributed by atoms with Crippen LogP contribution in [-0.2, 0) is 4.74 Å². The molecule has 0 aliphatic heterocycles. The largest absolute Gasteiger partial charge is 0.478 e. The van der Waals surface area contributed by atoms with Gasteiger partial charge in [-0.05, 0) is 18.5 Å². The Balaban J connectivity index is 3.00. The van der Waals surface area contributed by atoms with Crippen molar-refractivity contribution < 1.29 is 14.3 Å². The van der Waals surface area contributed by atoms with E-state index in [-0.39, 0.29) is 16.9 Å². The summed E-state index contributed by atoms with van der Waals surface area (Å²) < 4.78 is 9.56. The minimum atomic E-state index is -0.574. The van der Waals surface area contributed by atoms with E-state index in [0.29, 0.717) is 6.61 Å². The van der Waals surface area contributed by atoms with Crippen molar-refractivity contribution in [1.82, 2.24) is 9.97 Å². The van der Waals surface area contributed by atoms with Crippen LogP contribution in [0.3, 0.4) is 0 Å². The Bertz CT molecular complexity index is 343. The smallest absolute Gasteiger partial charge is 0.356 e. The standard InChI is InChI=1S/C8H9ClN2O3/c1-3-14-6-4-5(7(12)13-2)10-8(9)11-6/h4H,3H2,1-2H3. The highest BCUT2D eigenvalue weighted by molar-refractivity contribution is 6.28. The van der Waals surface area contributed by atoms with Crippen LogP contribution >= 0.6 is 11.6 Å². The van der Waals surface area contributed by atoms with Gasteiger partial charge in [-0.15, -0.1) is 0 Å². The minimum absolute atomic E-state index is 0.0450. The predicted octanol–water partition coefficient (Wildman–Crippen LogP) is 1.32. The Morgan fingerprint density at radius 2 is 2.29 bits per heavy atom. The molecule has 6 heteroatoms. The quantitative estimate of drug-likeness (QED) is 0.563. The van der Waals surface area contributed by atoms with Gasteiger partial charge in [0.25, 0.3) is 0 Å². The summed E-state index contributed by atoms with van der Waals surface area (Å²) in [6.45, 7) is 2.24. The SMILES string of the molecule is CCOc1cc(C(=O)OC)nc(Cl)n1.